The average Bonchev–Trinajstić information content (AvgIpc) is 3.59. The van der Waals surface area contributed by atoms with Gasteiger partial charge < -0.3 is 24.3 Å². The molecule has 1 saturated heterocycles. The third kappa shape index (κ3) is 6.03. The van der Waals surface area contributed by atoms with Crippen molar-refractivity contribution in [2.75, 3.05) is 24.9 Å². The van der Waals surface area contributed by atoms with E-state index in [-0.39, 0.29) is 36.3 Å². The number of aromatic nitrogens is 8. The van der Waals surface area contributed by atoms with Gasteiger partial charge in [0.1, 0.15) is 36.5 Å². The zero-order valence-electron chi connectivity index (χ0n) is 20.4. The molecule has 1 fully saturated rings. The molecule has 0 aliphatic carbocycles. The minimum absolute atomic E-state index is 0.00358. The molecule has 21 heteroatoms. The zero-order chi connectivity index (χ0) is 28.4. The van der Waals surface area contributed by atoms with E-state index in [4.69, 9.17) is 28.8 Å². The smallest absolute Gasteiger partial charge is 0.369 e. The second kappa shape index (κ2) is 12.3. The molecule has 1 aliphatic heterocycles. The van der Waals surface area contributed by atoms with Gasteiger partial charge in [-0.3, -0.25) is 23.4 Å². The quantitative estimate of drug-likeness (QED) is 0.0992. The molecule has 0 spiro atoms. The van der Waals surface area contributed by atoms with Gasteiger partial charge >= 0.3 is 6.80 Å². The lowest BCUT2D eigenvalue weighted by Gasteiger charge is -2.24. The summed E-state index contributed by atoms with van der Waals surface area (Å²) in [7, 11) is 2.15. The van der Waals surface area contributed by atoms with Crippen LogP contribution in [0.5, 0.6) is 0 Å². The Labute approximate surface area is 237 Å². The van der Waals surface area contributed by atoms with Gasteiger partial charge in [0.05, 0.1) is 31.7 Å². The van der Waals surface area contributed by atoms with Gasteiger partial charge in [0.15, 0.2) is 29.2 Å². The first-order chi connectivity index (χ1) is 19.2. The van der Waals surface area contributed by atoms with Crippen molar-refractivity contribution in [1.82, 2.24) is 39.0 Å². The Morgan fingerprint density at radius 3 is 2.90 bits per heavy atom. The van der Waals surface area contributed by atoms with Crippen LogP contribution < -0.4 is 11.3 Å². The van der Waals surface area contributed by atoms with Gasteiger partial charge in [0.2, 0.25) is 5.95 Å². The number of hydrogen-bond acceptors (Lipinski definition) is 14. The van der Waals surface area contributed by atoms with Crippen molar-refractivity contribution in [3.05, 3.63) is 35.0 Å². The molecule has 0 aromatic carbocycles. The van der Waals surface area contributed by atoms with Crippen LogP contribution in [-0.4, -0.2) is 76.6 Å². The number of ether oxygens (including phenoxy) is 2. The number of nitrogen functional groups attached to an aromatic ring is 1. The molecule has 0 radical (unpaired) electrons. The first kappa shape index (κ1) is 29.3. The lowest BCUT2D eigenvalue weighted by Crippen LogP contribution is -2.32. The Kier molecular flexibility index (Phi) is 9.04. The van der Waals surface area contributed by atoms with Gasteiger partial charge in [0.25, 0.3) is 5.56 Å². The maximum atomic E-state index is 15.7. The second-order valence-corrected chi connectivity index (χ2v) is 11.8. The summed E-state index contributed by atoms with van der Waals surface area (Å²) in [5.74, 6) is 0.154. The molecule has 0 saturated carbocycles. The molecule has 5 heterocycles. The molecule has 6 atom stereocenters. The van der Waals surface area contributed by atoms with E-state index in [9.17, 15) is 9.36 Å². The summed E-state index contributed by atoms with van der Waals surface area (Å²) in [6.45, 7) is -4.11. The molecule has 5 rings (SSSR count). The van der Waals surface area contributed by atoms with Crippen LogP contribution in [-0.2, 0) is 40.8 Å². The van der Waals surface area contributed by atoms with Crippen LogP contribution in [0.3, 0.4) is 0 Å². The number of hydrogen-bond donors (Lipinski definition) is 4. The van der Waals surface area contributed by atoms with E-state index in [2.05, 4.69) is 64.2 Å². The van der Waals surface area contributed by atoms with E-state index in [1.807, 2.05) is 0 Å². The fourth-order valence-corrected chi connectivity index (χ4v) is 5.78. The van der Waals surface area contributed by atoms with Gasteiger partial charge in [-0.05, 0) is 0 Å². The van der Waals surface area contributed by atoms with Crippen LogP contribution >= 0.6 is 41.1 Å². The number of nitrogens with two attached hydrogens (primary N) is 1. The number of fused-ring (bicyclic) bond motifs is 2. The number of anilines is 1. The molecule has 4 aromatic heterocycles. The highest BCUT2D eigenvalue weighted by Crippen LogP contribution is 2.57. The van der Waals surface area contributed by atoms with Crippen molar-refractivity contribution in [2.45, 2.75) is 37.8 Å². The maximum Gasteiger partial charge on any atom is 0.387 e. The van der Waals surface area contributed by atoms with E-state index >= 15 is 4.39 Å². The molecule has 216 valence electrons. The predicted octanol–water partition coefficient (Wildman–Crippen LogP) is 1.43. The number of H-pyrrole nitrogens is 1. The minimum atomic E-state index is -4.26. The van der Waals surface area contributed by atoms with Gasteiger partial charge in [-0.15, -0.1) is 0 Å². The molecule has 4 aromatic rings. The number of aromatic amines is 1. The van der Waals surface area contributed by atoms with E-state index in [0.717, 1.165) is 0 Å². The van der Waals surface area contributed by atoms with Gasteiger partial charge in [-0.2, -0.15) is 17.6 Å². The molecular formula is C19H24FN9O7P2S2. The van der Waals surface area contributed by atoms with Gasteiger partial charge in [0, 0.05) is 16.0 Å². The van der Waals surface area contributed by atoms with E-state index in [1.165, 1.54) is 23.4 Å². The highest BCUT2D eigenvalue weighted by molar-refractivity contribution is 8.44. The molecular weight excluding hydrogens is 611 g/mol. The number of halogens is 1. The summed E-state index contributed by atoms with van der Waals surface area (Å²) < 4.78 is 59.3. The first-order valence-corrected chi connectivity index (χ1v) is 15.4. The lowest BCUT2D eigenvalue weighted by atomic mass is 10.1. The maximum absolute atomic E-state index is 15.7. The van der Waals surface area contributed by atoms with Crippen LogP contribution in [0.1, 0.15) is 12.1 Å². The number of nitrogens with zero attached hydrogens (tertiary/aromatic N) is 7. The first-order valence-electron chi connectivity index (χ1n) is 11.6. The van der Waals surface area contributed by atoms with Crippen molar-refractivity contribution in [3.63, 3.8) is 0 Å². The van der Waals surface area contributed by atoms with Crippen LogP contribution in [0, 0.1) is 0 Å². The topological polar surface area (TPSA) is 196 Å². The summed E-state index contributed by atoms with van der Waals surface area (Å²) in [5, 5.41) is 0. The van der Waals surface area contributed by atoms with Crippen molar-refractivity contribution >= 4 is 69.4 Å². The van der Waals surface area contributed by atoms with Crippen molar-refractivity contribution in [2.24, 2.45) is 0 Å². The van der Waals surface area contributed by atoms with Crippen LogP contribution in [0.4, 0.5) is 10.3 Å². The van der Waals surface area contributed by atoms with Gasteiger partial charge in [-0.1, -0.05) is 12.2 Å². The Morgan fingerprint density at radius 1 is 1.30 bits per heavy atom. The Hall–Kier alpha value is -2.21. The predicted molar refractivity (Wildman–Crippen MR) is 148 cm³/mol. The lowest BCUT2D eigenvalue weighted by molar-refractivity contribution is -0.0548. The molecule has 40 heavy (non-hydrogen) atoms. The normalized spacial score (nSPS) is 22.8. The summed E-state index contributed by atoms with van der Waals surface area (Å²) in [4.78, 5) is 35.3. The average molecular weight is 636 g/mol. The Morgan fingerprint density at radius 2 is 2.12 bits per heavy atom. The van der Waals surface area contributed by atoms with Crippen LogP contribution in [0.2, 0.25) is 0 Å². The number of nitrogens with one attached hydrogen (secondary N) is 1. The molecule has 16 nitrogen and oxygen atoms in total. The fraction of sp³-hybridized carbons (Fsp3) is 0.474. The summed E-state index contributed by atoms with van der Waals surface area (Å²) in [6, 6.07) is 0. The molecule has 3 N–H and O–H groups in total. The number of rotatable bonds is 12. The van der Waals surface area contributed by atoms with Crippen molar-refractivity contribution in [3.8, 4) is 0 Å². The third-order valence-electron chi connectivity index (χ3n) is 5.90. The monoisotopic (exact) mass is 635 g/mol. The highest BCUT2D eigenvalue weighted by atomic mass is 32.7. The minimum Gasteiger partial charge on any atom is -0.369 e. The highest BCUT2D eigenvalue weighted by Gasteiger charge is 2.50. The molecule has 1 aliphatic rings. The SMILES string of the molecule is Nc1nc2c(ncn2[C@@H]2O[C@H](COCS)[C@H](F)[C@H]2OP(=O)(S)OCc2nc3cncnc3n2CCOP)c(=O)[nH]1. The van der Waals surface area contributed by atoms with Crippen molar-refractivity contribution in [1.29, 1.82) is 0 Å². The largest absolute Gasteiger partial charge is 0.387 e. The van der Waals surface area contributed by atoms with Crippen LogP contribution in [0.15, 0.2) is 23.6 Å². The number of imidazole rings is 2. The summed E-state index contributed by atoms with van der Waals surface area (Å²) in [6.07, 6.45) is -1.73. The summed E-state index contributed by atoms with van der Waals surface area (Å²) in [5.41, 5.74) is 6.02. The zero-order valence-corrected chi connectivity index (χ0v) is 24.3. The number of alkyl halides is 1. The Bertz CT molecular complexity index is 1610. The summed E-state index contributed by atoms with van der Waals surface area (Å²) >= 11 is 8.05. The molecule has 2 unspecified atom stereocenters. The molecule has 0 bridgehead atoms. The van der Waals surface area contributed by atoms with E-state index in [1.54, 1.807) is 4.57 Å². The fourth-order valence-electron chi connectivity index (χ4n) is 4.20. The molecule has 0 amide bonds. The van der Waals surface area contributed by atoms with Gasteiger partial charge in [-0.25, -0.2) is 28.9 Å². The Balaban J connectivity index is 1.41. The van der Waals surface area contributed by atoms with Crippen LogP contribution in [0.25, 0.3) is 22.3 Å². The third-order valence-corrected chi connectivity index (χ3v) is 7.91. The van der Waals surface area contributed by atoms with Crippen molar-refractivity contribution < 1.29 is 32.0 Å². The van der Waals surface area contributed by atoms with E-state index < -0.39 is 37.0 Å². The second-order valence-electron chi connectivity index (χ2n) is 8.38. The standard InChI is InChI=1S/C19H24FN9O7P2S2/c20-12-10(4-32-8-39)35-18(29-7-24-13-16(29)26-19(21)27-17(13)30)14(12)36-38(31,40)34-5-11-25-9-3-22-6-23-15(9)28(11)1-2-33-37/h3,6-7,10,12,14,18,39H,1-2,4-5,8,37H2,(H,31,40)(H3,21,26,27,30)/t10-,12+,14-,18-,38?/m1/s1. The number of thiol groups is 2. The van der Waals surface area contributed by atoms with E-state index in [0.29, 0.717) is 30.1 Å².